The molecular weight excluding hydrogens is 234 g/mol. The first-order valence-electron chi connectivity index (χ1n) is 5.66. The smallest absolute Gasteiger partial charge is 0.399 e. The van der Waals surface area contributed by atoms with Crippen LogP contribution >= 0.6 is 0 Å². The molecule has 0 radical (unpaired) electrons. The van der Waals surface area contributed by atoms with E-state index in [9.17, 15) is 0 Å². The Bertz CT molecular complexity index is 521. The van der Waals surface area contributed by atoms with E-state index >= 15 is 0 Å². The fraction of sp³-hybridized carbons (Fsp3) is 0.308. The van der Waals surface area contributed by atoms with Gasteiger partial charge < -0.3 is 19.0 Å². The van der Waals surface area contributed by atoms with Crippen molar-refractivity contribution in [3.8, 4) is 17.6 Å². The van der Waals surface area contributed by atoms with Gasteiger partial charge >= 0.3 is 6.08 Å². The lowest BCUT2D eigenvalue weighted by molar-refractivity contribution is 0.276. The van der Waals surface area contributed by atoms with Crippen molar-refractivity contribution in [1.29, 1.82) is 0 Å². The van der Waals surface area contributed by atoms with Crippen LogP contribution in [0.3, 0.4) is 0 Å². The summed E-state index contributed by atoms with van der Waals surface area (Å²) in [5.41, 5.74) is 1.58. The van der Waals surface area contributed by atoms with Crippen molar-refractivity contribution in [2.45, 2.75) is 20.0 Å². The number of aryl methyl sites for hydroxylation is 1. The van der Waals surface area contributed by atoms with E-state index in [-0.39, 0.29) is 12.7 Å². The lowest BCUT2D eigenvalue weighted by Gasteiger charge is -2.08. The molecule has 1 aromatic heterocycles. The summed E-state index contributed by atoms with van der Waals surface area (Å²) in [5, 5.41) is 8.88. The third-order valence-corrected chi connectivity index (χ3v) is 2.53. The summed E-state index contributed by atoms with van der Waals surface area (Å²) in [6.45, 7) is 1.88. The van der Waals surface area contributed by atoms with E-state index in [4.69, 9.17) is 19.0 Å². The second-order valence-corrected chi connectivity index (χ2v) is 3.70. The first-order valence-corrected chi connectivity index (χ1v) is 5.66. The Balaban J connectivity index is 2.22. The summed E-state index contributed by atoms with van der Waals surface area (Å²) < 4.78 is 15.8. The van der Waals surface area contributed by atoms with E-state index in [1.54, 1.807) is 13.2 Å². The van der Waals surface area contributed by atoms with Crippen molar-refractivity contribution in [2.24, 2.45) is 0 Å². The second-order valence-electron chi connectivity index (χ2n) is 3.70. The van der Waals surface area contributed by atoms with Gasteiger partial charge in [-0.15, -0.1) is 0 Å². The lowest BCUT2D eigenvalue weighted by atomic mass is 10.1. The van der Waals surface area contributed by atoms with Crippen LogP contribution in [0.1, 0.15) is 18.2 Å². The number of aliphatic hydroxyl groups excluding tert-OH is 1. The monoisotopic (exact) mass is 249 g/mol. The SMILES string of the molecule is CCc1ccc(Oc2nc(CO)co2)c(OC)c1. The first kappa shape index (κ1) is 12.4. The molecule has 2 rings (SSSR count). The fourth-order valence-electron chi connectivity index (χ4n) is 1.52. The number of aromatic nitrogens is 1. The number of nitrogens with zero attached hydrogens (tertiary/aromatic N) is 1. The zero-order valence-electron chi connectivity index (χ0n) is 10.3. The highest BCUT2D eigenvalue weighted by Crippen LogP contribution is 2.32. The number of methoxy groups -OCH3 is 1. The molecule has 1 heterocycles. The number of oxazole rings is 1. The van der Waals surface area contributed by atoms with Crippen molar-refractivity contribution in [3.63, 3.8) is 0 Å². The maximum atomic E-state index is 8.88. The van der Waals surface area contributed by atoms with Crippen LogP contribution in [0.15, 0.2) is 28.9 Å². The zero-order valence-corrected chi connectivity index (χ0v) is 10.3. The minimum atomic E-state index is -0.182. The van der Waals surface area contributed by atoms with Crippen LogP contribution in [0.2, 0.25) is 0 Å². The Kier molecular flexibility index (Phi) is 3.84. The summed E-state index contributed by atoms with van der Waals surface area (Å²) in [5.74, 6) is 1.15. The molecule has 5 nitrogen and oxygen atoms in total. The third-order valence-electron chi connectivity index (χ3n) is 2.53. The van der Waals surface area contributed by atoms with Gasteiger partial charge in [0.15, 0.2) is 11.5 Å². The Morgan fingerprint density at radius 2 is 2.17 bits per heavy atom. The molecule has 0 aliphatic rings. The zero-order chi connectivity index (χ0) is 13.0. The van der Waals surface area contributed by atoms with Gasteiger partial charge in [-0.25, -0.2) is 0 Å². The second kappa shape index (κ2) is 5.55. The van der Waals surface area contributed by atoms with Gasteiger partial charge in [0.1, 0.15) is 12.0 Å². The number of aliphatic hydroxyl groups is 1. The Labute approximate surface area is 105 Å². The molecule has 0 atom stereocenters. The maximum Gasteiger partial charge on any atom is 0.399 e. The van der Waals surface area contributed by atoms with Crippen LogP contribution in [0.25, 0.3) is 0 Å². The molecule has 2 aromatic rings. The van der Waals surface area contributed by atoms with Gasteiger partial charge in [-0.1, -0.05) is 13.0 Å². The molecule has 1 N–H and O–H groups in total. The van der Waals surface area contributed by atoms with E-state index in [0.29, 0.717) is 17.2 Å². The topological polar surface area (TPSA) is 64.7 Å². The molecule has 0 saturated carbocycles. The summed E-state index contributed by atoms with van der Waals surface area (Å²) in [6, 6.07) is 5.67. The molecule has 1 aromatic carbocycles. The molecule has 0 fully saturated rings. The molecule has 0 spiro atoms. The quantitative estimate of drug-likeness (QED) is 0.882. The molecule has 18 heavy (non-hydrogen) atoms. The molecule has 0 amide bonds. The number of rotatable bonds is 5. The molecule has 96 valence electrons. The minimum Gasteiger partial charge on any atom is -0.493 e. The van der Waals surface area contributed by atoms with Gasteiger partial charge in [-0.3, -0.25) is 0 Å². The van der Waals surface area contributed by atoms with Crippen molar-refractivity contribution in [2.75, 3.05) is 7.11 Å². The first-order chi connectivity index (χ1) is 8.76. The average molecular weight is 249 g/mol. The fourth-order valence-corrected chi connectivity index (χ4v) is 1.52. The predicted molar refractivity (Wildman–Crippen MR) is 64.9 cm³/mol. The highest BCUT2D eigenvalue weighted by molar-refractivity contribution is 5.44. The standard InChI is InChI=1S/C13H15NO4/c1-3-9-4-5-11(12(6-9)16-2)18-13-14-10(7-15)8-17-13/h4-6,8,15H,3,7H2,1-2H3. The van der Waals surface area contributed by atoms with Crippen LogP contribution in [0.4, 0.5) is 0 Å². The van der Waals surface area contributed by atoms with E-state index in [2.05, 4.69) is 11.9 Å². The third kappa shape index (κ3) is 2.62. The van der Waals surface area contributed by atoms with Crippen molar-refractivity contribution >= 4 is 0 Å². The largest absolute Gasteiger partial charge is 0.493 e. The molecular formula is C13H15NO4. The Hall–Kier alpha value is -2.01. The highest BCUT2D eigenvalue weighted by atomic mass is 16.6. The van der Waals surface area contributed by atoms with E-state index < -0.39 is 0 Å². The van der Waals surface area contributed by atoms with E-state index in [1.807, 2.05) is 12.1 Å². The maximum absolute atomic E-state index is 8.88. The van der Waals surface area contributed by atoms with Crippen LogP contribution in [0.5, 0.6) is 17.6 Å². The van der Waals surface area contributed by atoms with Crippen molar-refractivity contribution in [3.05, 3.63) is 35.7 Å². The number of benzene rings is 1. The van der Waals surface area contributed by atoms with Crippen LogP contribution < -0.4 is 9.47 Å². The molecule has 0 aliphatic carbocycles. The number of hydrogen-bond donors (Lipinski definition) is 1. The number of hydrogen-bond acceptors (Lipinski definition) is 5. The normalized spacial score (nSPS) is 10.4. The number of ether oxygens (including phenoxy) is 2. The average Bonchev–Trinajstić information content (AvgIpc) is 2.87. The van der Waals surface area contributed by atoms with Gasteiger partial charge in [0.05, 0.1) is 13.7 Å². The van der Waals surface area contributed by atoms with Crippen LogP contribution in [-0.4, -0.2) is 17.2 Å². The van der Waals surface area contributed by atoms with Crippen LogP contribution in [0, 0.1) is 0 Å². The molecule has 0 unspecified atom stereocenters. The van der Waals surface area contributed by atoms with E-state index in [0.717, 1.165) is 12.0 Å². The molecule has 0 saturated heterocycles. The summed E-state index contributed by atoms with van der Waals surface area (Å²) in [7, 11) is 1.58. The Morgan fingerprint density at radius 3 is 2.78 bits per heavy atom. The summed E-state index contributed by atoms with van der Waals surface area (Å²) in [4.78, 5) is 3.95. The van der Waals surface area contributed by atoms with E-state index in [1.165, 1.54) is 6.26 Å². The minimum absolute atomic E-state index is 0.0848. The highest BCUT2D eigenvalue weighted by Gasteiger charge is 2.10. The van der Waals surface area contributed by atoms with Crippen molar-refractivity contribution < 1.29 is 19.0 Å². The summed E-state index contributed by atoms with van der Waals surface area (Å²) in [6.07, 6.45) is 2.36. The van der Waals surface area contributed by atoms with Crippen LogP contribution in [-0.2, 0) is 13.0 Å². The Morgan fingerprint density at radius 1 is 1.33 bits per heavy atom. The van der Waals surface area contributed by atoms with Gasteiger partial charge in [-0.05, 0) is 24.1 Å². The molecule has 0 aliphatic heterocycles. The molecule has 0 bridgehead atoms. The molecule has 5 heteroatoms. The van der Waals surface area contributed by atoms with Gasteiger partial charge in [0, 0.05) is 0 Å². The predicted octanol–water partition coefficient (Wildman–Crippen LogP) is 2.53. The summed E-state index contributed by atoms with van der Waals surface area (Å²) >= 11 is 0. The van der Waals surface area contributed by atoms with Gasteiger partial charge in [0.25, 0.3) is 0 Å². The van der Waals surface area contributed by atoms with Crippen molar-refractivity contribution in [1.82, 2.24) is 4.98 Å². The lowest BCUT2D eigenvalue weighted by Crippen LogP contribution is -1.92. The van der Waals surface area contributed by atoms with Gasteiger partial charge in [-0.2, -0.15) is 4.98 Å². The van der Waals surface area contributed by atoms with Gasteiger partial charge in [0.2, 0.25) is 0 Å².